The third kappa shape index (κ3) is 2.88. The van der Waals surface area contributed by atoms with Gasteiger partial charge in [0.15, 0.2) is 23.1 Å². The Balaban J connectivity index is 1.49. The molecule has 3 aromatic rings. The van der Waals surface area contributed by atoms with Crippen molar-refractivity contribution in [1.29, 1.82) is 0 Å². The molecule has 0 unspecified atom stereocenters. The lowest BCUT2D eigenvalue weighted by atomic mass is 10.2. The number of halogens is 2. The van der Waals surface area contributed by atoms with E-state index in [1.54, 1.807) is 4.90 Å². The third-order valence-electron chi connectivity index (χ3n) is 4.18. The minimum Gasteiger partial charge on any atom is -0.344 e. The Kier molecular flexibility index (Phi) is 3.75. The second-order valence-corrected chi connectivity index (χ2v) is 5.78. The molecule has 1 aliphatic rings. The highest BCUT2D eigenvalue weighted by Gasteiger charge is 2.26. The fraction of sp³-hybridized carbons (Fsp3) is 0.250. The molecule has 1 aliphatic heterocycles. The van der Waals surface area contributed by atoms with Gasteiger partial charge < -0.3 is 14.8 Å². The molecule has 0 radical (unpaired) electrons. The van der Waals surface area contributed by atoms with E-state index in [4.69, 9.17) is 0 Å². The minimum atomic E-state index is -0.911. The van der Waals surface area contributed by atoms with Crippen molar-refractivity contribution in [1.82, 2.24) is 24.8 Å². The lowest BCUT2D eigenvalue weighted by molar-refractivity contribution is -0.131. The Morgan fingerprint density at radius 1 is 1.12 bits per heavy atom. The second kappa shape index (κ2) is 6.08. The molecule has 1 fully saturated rings. The van der Waals surface area contributed by atoms with Gasteiger partial charge in [-0.2, -0.15) is 0 Å². The number of carbonyl (C=O) groups excluding carboxylic acids is 1. The Morgan fingerprint density at radius 2 is 2.00 bits per heavy atom. The second-order valence-electron chi connectivity index (χ2n) is 5.78. The van der Waals surface area contributed by atoms with E-state index >= 15 is 0 Å². The highest BCUT2D eigenvalue weighted by atomic mass is 19.2. The third-order valence-corrected chi connectivity index (χ3v) is 4.18. The van der Waals surface area contributed by atoms with Gasteiger partial charge in [-0.05, 0) is 17.7 Å². The van der Waals surface area contributed by atoms with E-state index in [-0.39, 0.29) is 19.0 Å². The summed E-state index contributed by atoms with van der Waals surface area (Å²) in [7, 11) is 0. The van der Waals surface area contributed by atoms with Crippen LogP contribution < -0.4 is 4.90 Å². The van der Waals surface area contributed by atoms with E-state index < -0.39 is 11.6 Å². The first-order valence-electron chi connectivity index (χ1n) is 7.72. The zero-order valence-electron chi connectivity index (χ0n) is 13.1. The first-order chi connectivity index (χ1) is 12.1. The first-order valence-corrected chi connectivity index (χ1v) is 7.72. The smallest absolute Gasteiger partial charge is 0.242 e. The zero-order valence-corrected chi connectivity index (χ0v) is 13.1. The van der Waals surface area contributed by atoms with E-state index in [9.17, 15) is 13.6 Å². The Labute approximate surface area is 141 Å². The normalized spacial score (nSPS) is 15.2. The molecule has 0 saturated carbocycles. The van der Waals surface area contributed by atoms with Gasteiger partial charge in [-0.25, -0.2) is 23.7 Å². The SMILES string of the molecule is O=C1CN(c2ncnc3nc[nH]c23)CCN1Cc1ccc(F)c(F)c1. The number of aromatic nitrogens is 4. The van der Waals surface area contributed by atoms with Crippen molar-refractivity contribution in [3.63, 3.8) is 0 Å². The maximum atomic E-state index is 13.3. The van der Waals surface area contributed by atoms with Crippen LogP contribution in [0.2, 0.25) is 0 Å². The summed E-state index contributed by atoms with van der Waals surface area (Å²) in [5, 5.41) is 0. The Hall–Kier alpha value is -3.10. The molecule has 1 aromatic carbocycles. The van der Waals surface area contributed by atoms with Crippen LogP contribution in [0.4, 0.5) is 14.6 Å². The predicted octanol–water partition coefficient (Wildman–Crippen LogP) is 1.48. The fourth-order valence-corrected chi connectivity index (χ4v) is 2.91. The molecule has 3 heterocycles. The fourth-order valence-electron chi connectivity index (χ4n) is 2.91. The molecule has 25 heavy (non-hydrogen) atoms. The molecule has 1 amide bonds. The molecule has 1 saturated heterocycles. The van der Waals surface area contributed by atoms with E-state index in [1.165, 1.54) is 18.7 Å². The molecule has 0 aliphatic carbocycles. The van der Waals surface area contributed by atoms with Crippen LogP contribution in [0.25, 0.3) is 11.2 Å². The molecule has 0 atom stereocenters. The number of rotatable bonds is 3. The van der Waals surface area contributed by atoms with Crippen molar-refractivity contribution in [2.45, 2.75) is 6.54 Å². The number of amides is 1. The number of piperazine rings is 1. The topological polar surface area (TPSA) is 78.0 Å². The van der Waals surface area contributed by atoms with E-state index in [2.05, 4.69) is 19.9 Å². The summed E-state index contributed by atoms with van der Waals surface area (Å²) in [6, 6.07) is 3.67. The van der Waals surface area contributed by atoms with Crippen molar-refractivity contribution in [3.8, 4) is 0 Å². The molecule has 9 heteroatoms. The summed E-state index contributed by atoms with van der Waals surface area (Å²) in [4.78, 5) is 31.3. The van der Waals surface area contributed by atoms with Crippen molar-refractivity contribution in [3.05, 3.63) is 48.1 Å². The van der Waals surface area contributed by atoms with Gasteiger partial charge in [-0.15, -0.1) is 0 Å². The number of carbonyl (C=O) groups is 1. The van der Waals surface area contributed by atoms with Gasteiger partial charge in [-0.1, -0.05) is 6.07 Å². The maximum Gasteiger partial charge on any atom is 0.242 e. The Bertz CT molecular complexity index is 943. The molecule has 0 bridgehead atoms. The van der Waals surface area contributed by atoms with Crippen LogP contribution in [0.1, 0.15) is 5.56 Å². The standard InChI is InChI=1S/C16H14F2N6O/c17-11-2-1-10(5-12(11)18)6-23-3-4-24(7-13(23)25)16-14-15(20-8-19-14)21-9-22-16/h1-2,5,8-9H,3-4,6-7H2,(H,19,20,21,22). The predicted molar refractivity (Wildman–Crippen MR) is 85.7 cm³/mol. The van der Waals surface area contributed by atoms with Crippen molar-refractivity contribution >= 4 is 22.9 Å². The van der Waals surface area contributed by atoms with Gasteiger partial charge in [-0.3, -0.25) is 4.79 Å². The van der Waals surface area contributed by atoms with Crippen LogP contribution in [0, 0.1) is 11.6 Å². The van der Waals surface area contributed by atoms with Crippen LogP contribution in [-0.4, -0.2) is 50.4 Å². The average Bonchev–Trinajstić information content (AvgIpc) is 3.08. The molecule has 4 rings (SSSR count). The zero-order chi connectivity index (χ0) is 17.4. The van der Waals surface area contributed by atoms with Crippen LogP contribution in [-0.2, 0) is 11.3 Å². The highest BCUT2D eigenvalue weighted by molar-refractivity contribution is 5.88. The lowest BCUT2D eigenvalue weighted by Crippen LogP contribution is -2.50. The molecular formula is C16H14F2N6O. The van der Waals surface area contributed by atoms with Crippen LogP contribution in [0.5, 0.6) is 0 Å². The molecular weight excluding hydrogens is 330 g/mol. The summed E-state index contributed by atoms with van der Waals surface area (Å²) >= 11 is 0. The molecule has 128 valence electrons. The van der Waals surface area contributed by atoms with Gasteiger partial charge in [0.2, 0.25) is 5.91 Å². The number of anilines is 1. The number of benzene rings is 1. The van der Waals surface area contributed by atoms with E-state index in [0.717, 1.165) is 12.1 Å². The quantitative estimate of drug-likeness (QED) is 0.779. The Morgan fingerprint density at radius 3 is 2.80 bits per heavy atom. The first kappa shape index (κ1) is 15.4. The minimum absolute atomic E-state index is 0.109. The van der Waals surface area contributed by atoms with Crippen molar-refractivity contribution in [2.24, 2.45) is 0 Å². The number of nitrogens with zero attached hydrogens (tertiary/aromatic N) is 5. The number of aromatic amines is 1. The largest absolute Gasteiger partial charge is 0.344 e. The van der Waals surface area contributed by atoms with Gasteiger partial charge in [0.1, 0.15) is 11.8 Å². The number of nitrogens with one attached hydrogen (secondary N) is 1. The van der Waals surface area contributed by atoms with Gasteiger partial charge in [0.05, 0.1) is 12.9 Å². The van der Waals surface area contributed by atoms with E-state index in [0.29, 0.717) is 35.6 Å². The summed E-state index contributed by atoms with van der Waals surface area (Å²) in [5.41, 5.74) is 1.78. The number of hydrogen-bond acceptors (Lipinski definition) is 5. The summed E-state index contributed by atoms with van der Waals surface area (Å²) in [6.07, 6.45) is 2.95. The van der Waals surface area contributed by atoms with Crippen molar-refractivity contribution in [2.75, 3.05) is 24.5 Å². The molecule has 0 spiro atoms. The summed E-state index contributed by atoms with van der Waals surface area (Å²) < 4.78 is 26.3. The van der Waals surface area contributed by atoms with Crippen LogP contribution in [0.3, 0.4) is 0 Å². The van der Waals surface area contributed by atoms with Gasteiger partial charge in [0, 0.05) is 19.6 Å². The van der Waals surface area contributed by atoms with Crippen LogP contribution in [0.15, 0.2) is 30.9 Å². The lowest BCUT2D eigenvalue weighted by Gasteiger charge is -2.35. The maximum absolute atomic E-state index is 13.3. The van der Waals surface area contributed by atoms with Gasteiger partial charge >= 0.3 is 0 Å². The molecule has 7 nitrogen and oxygen atoms in total. The van der Waals surface area contributed by atoms with Crippen molar-refractivity contribution < 1.29 is 13.6 Å². The number of H-pyrrole nitrogens is 1. The number of hydrogen-bond donors (Lipinski definition) is 1. The monoisotopic (exact) mass is 344 g/mol. The average molecular weight is 344 g/mol. The molecule has 2 aromatic heterocycles. The highest BCUT2D eigenvalue weighted by Crippen LogP contribution is 2.22. The number of imidazole rings is 1. The summed E-state index contributed by atoms with van der Waals surface area (Å²) in [6.45, 7) is 1.42. The van der Waals surface area contributed by atoms with Crippen LogP contribution >= 0.6 is 0 Å². The van der Waals surface area contributed by atoms with Gasteiger partial charge in [0.25, 0.3) is 0 Å². The number of fused-ring (bicyclic) bond motifs is 1. The molecule has 1 N–H and O–H groups in total. The van der Waals surface area contributed by atoms with E-state index in [1.807, 2.05) is 4.90 Å². The summed E-state index contributed by atoms with van der Waals surface area (Å²) in [5.74, 6) is -1.29.